The zero-order chi connectivity index (χ0) is 31.1. The van der Waals surface area contributed by atoms with Gasteiger partial charge in [-0.2, -0.15) is 5.26 Å². The number of hydrogen-bond donors (Lipinski definition) is 0. The van der Waals surface area contributed by atoms with Crippen molar-refractivity contribution in [1.29, 1.82) is 5.26 Å². The maximum Gasteiger partial charge on any atom is 0.0992 e. The molecule has 3 nitrogen and oxygen atoms in total. The molecule has 218 valence electrons. The molecule has 0 aliphatic heterocycles. The normalized spacial score (nSPS) is 11.8. The summed E-state index contributed by atoms with van der Waals surface area (Å²) in [6.07, 6.45) is 0. The van der Waals surface area contributed by atoms with Crippen LogP contribution in [-0.2, 0) is 0 Å². The number of hydrogen-bond acceptors (Lipinski definition) is 2. The summed E-state index contributed by atoms with van der Waals surface area (Å²) in [5.41, 5.74) is 9.40. The van der Waals surface area contributed by atoms with Crippen LogP contribution in [0.25, 0.3) is 86.3 Å². The molecule has 0 N–H and O–H groups in total. The van der Waals surface area contributed by atoms with Crippen LogP contribution in [0, 0.1) is 11.3 Å². The van der Waals surface area contributed by atoms with Crippen LogP contribution < -0.4 is 0 Å². The van der Waals surface area contributed by atoms with Crippen molar-refractivity contribution < 1.29 is 0 Å². The molecular weight excluding hydrogens is 591 g/mol. The van der Waals surface area contributed by atoms with Crippen LogP contribution in [0.5, 0.6) is 0 Å². The first kappa shape index (κ1) is 26.1. The van der Waals surface area contributed by atoms with Gasteiger partial charge < -0.3 is 9.13 Å². The highest BCUT2D eigenvalue weighted by molar-refractivity contribution is 7.25. The number of aromatic nitrogens is 2. The molecule has 0 atom stereocenters. The lowest BCUT2D eigenvalue weighted by atomic mass is 10.0. The quantitative estimate of drug-likeness (QED) is 0.195. The molecule has 0 saturated carbocycles. The topological polar surface area (TPSA) is 33.6 Å². The molecule has 0 amide bonds. The Bertz CT molecular complexity index is 2880. The molecule has 0 bridgehead atoms. The molecule has 4 heteroatoms. The number of benzene rings is 7. The Morgan fingerprint density at radius 1 is 0.404 bits per heavy atom. The molecule has 10 aromatic rings. The second-order valence-corrected chi connectivity index (χ2v) is 13.2. The highest BCUT2D eigenvalue weighted by Crippen LogP contribution is 2.41. The van der Waals surface area contributed by atoms with Gasteiger partial charge in [-0.1, -0.05) is 84.9 Å². The summed E-state index contributed by atoms with van der Waals surface area (Å²) >= 11 is 1.84. The summed E-state index contributed by atoms with van der Waals surface area (Å²) < 4.78 is 7.25. The Morgan fingerprint density at radius 2 is 1.00 bits per heavy atom. The largest absolute Gasteiger partial charge is 0.309 e. The highest BCUT2D eigenvalue weighted by atomic mass is 32.1. The van der Waals surface area contributed by atoms with Gasteiger partial charge in [-0.15, -0.1) is 11.3 Å². The number of para-hydroxylation sites is 3. The van der Waals surface area contributed by atoms with E-state index < -0.39 is 0 Å². The summed E-state index contributed by atoms with van der Waals surface area (Å²) in [6.45, 7) is 0. The third-order valence-corrected chi connectivity index (χ3v) is 10.6. The van der Waals surface area contributed by atoms with E-state index in [1.54, 1.807) is 0 Å². The molecule has 0 aliphatic carbocycles. The van der Waals surface area contributed by atoms with E-state index in [9.17, 15) is 5.26 Å². The van der Waals surface area contributed by atoms with Crippen LogP contribution >= 0.6 is 11.3 Å². The lowest BCUT2D eigenvalue weighted by Gasteiger charge is -2.13. The molecule has 47 heavy (non-hydrogen) atoms. The number of thiophene rings is 1. The van der Waals surface area contributed by atoms with Crippen molar-refractivity contribution >= 4 is 75.1 Å². The Morgan fingerprint density at radius 3 is 1.70 bits per heavy atom. The van der Waals surface area contributed by atoms with Gasteiger partial charge in [-0.3, -0.25) is 0 Å². The minimum Gasteiger partial charge on any atom is -0.309 e. The predicted octanol–water partition coefficient (Wildman–Crippen LogP) is 11.8. The van der Waals surface area contributed by atoms with Gasteiger partial charge in [-0.05, 0) is 77.9 Å². The summed E-state index contributed by atoms with van der Waals surface area (Å²) in [5.74, 6) is 0. The van der Waals surface area contributed by atoms with Crippen molar-refractivity contribution in [3.8, 4) is 28.6 Å². The van der Waals surface area contributed by atoms with E-state index in [-0.39, 0.29) is 0 Å². The Balaban J connectivity index is 1.21. The standard InChI is InChI=1S/C43H25N3S/c44-26-27-20-29(28-10-9-11-30(22-28)45-38-16-5-1-12-32(38)33-13-2-6-17-39(33)45)23-31(21-27)46-40-18-7-3-14-34(40)36-25-43-37(24-41(36)46)35-15-4-8-19-42(35)47-43/h1-25H. The van der Waals surface area contributed by atoms with E-state index in [0.29, 0.717) is 5.56 Å². The minimum atomic E-state index is 0.632. The van der Waals surface area contributed by atoms with E-state index in [4.69, 9.17) is 0 Å². The first-order valence-corrected chi connectivity index (χ1v) is 16.6. The SMILES string of the molecule is N#Cc1cc(-c2cccc(-n3c4ccccc4c4ccccc43)c2)cc(-n2c3ccccc3c3cc4sc5ccccc5c4cc32)c1. The van der Waals surface area contributed by atoms with Crippen molar-refractivity contribution in [1.82, 2.24) is 9.13 Å². The van der Waals surface area contributed by atoms with Crippen LogP contribution in [-0.4, -0.2) is 9.13 Å². The van der Waals surface area contributed by atoms with Crippen LogP contribution in [0.2, 0.25) is 0 Å². The summed E-state index contributed by atoms with van der Waals surface area (Å²) in [5, 5.41) is 17.7. The molecular formula is C43H25N3S. The lowest BCUT2D eigenvalue weighted by Crippen LogP contribution is -1.97. The fourth-order valence-corrected chi connectivity index (χ4v) is 8.59. The molecule has 0 saturated heterocycles. The first-order chi connectivity index (χ1) is 23.2. The molecule has 3 aromatic heterocycles. The molecule has 0 radical (unpaired) electrons. The molecule has 10 rings (SSSR count). The average molecular weight is 616 g/mol. The van der Waals surface area contributed by atoms with E-state index in [0.717, 1.165) is 33.5 Å². The molecule has 0 fully saturated rings. The molecule has 0 unspecified atom stereocenters. The average Bonchev–Trinajstić information content (AvgIpc) is 3.78. The monoisotopic (exact) mass is 615 g/mol. The van der Waals surface area contributed by atoms with Crippen molar-refractivity contribution in [2.45, 2.75) is 0 Å². The number of nitriles is 1. The minimum absolute atomic E-state index is 0.632. The maximum absolute atomic E-state index is 10.3. The van der Waals surface area contributed by atoms with Crippen LogP contribution in [0.3, 0.4) is 0 Å². The van der Waals surface area contributed by atoms with Gasteiger partial charge in [0.2, 0.25) is 0 Å². The van der Waals surface area contributed by atoms with Gasteiger partial charge in [0.15, 0.2) is 0 Å². The van der Waals surface area contributed by atoms with Crippen molar-refractivity contribution in [3.05, 3.63) is 157 Å². The van der Waals surface area contributed by atoms with Gasteiger partial charge in [0.1, 0.15) is 0 Å². The van der Waals surface area contributed by atoms with Crippen LogP contribution in [0.1, 0.15) is 5.56 Å². The van der Waals surface area contributed by atoms with Crippen molar-refractivity contribution in [2.75, 3.05) is 0 Å². The molecule has 3 heterocycles. The van der Waals surface area contributed by atoms with Gasteiger partial charge in [0.25, 0.3) is 0 Å². The third kappa shape index (κ3) is 3.85. The molecule has 0 spiro atoms. The maximum atomic E-state index is 10.3. The Kier molecular flexibility index (Phi) is 5.51. The van der Waals surface area contributed by atoms with Gasteiger partial charge in [-0.25, -0.2) is 0 Å². The van der Waals surface area contributed by atoms with Gasteiger partial charge in [0.05, 0.1) is 33.7 Å². The van der Waals surface area contributed by atoms with Gasteiger partial charge in [0, 0.05) is 53.1 Å². The smallest absolute Gasteiger partial charge is 0.0992 e. The van der Waals surface area contributed by atoms with E-state index >= 15 is 0 Å². The number of nitrogens with zero attached hydrogens (tertiary/aromatic N) is 3. The fraction of sp³-hybridized carbons (Fsp3) is 0. The van der Waals surface area contributed by atoms with Crippen molar-refractivity contribution in [3.63, 3.8) is 0 Å². The number of rotatable bonds is 3. The second kappa shape index (κ2) is 9.92. The third-order valence-electron chi connectivity index (χ3n) is 9.49. The fourth-order valence-electron chi connectivity index (χ4n) is 7.46. The van der Waals surface area contributed by atoms with E-state index in [1.165, 1.54) is 52.8 Å². The molecule has 7 aromatic carbocycles. The second-order valence-electron chi connectivity index (χ2n) is 12.1. The van der Waals surface area contributed by atoms with Crippen molar-refractivity contribution in [2.24, 2.45) is 0 Å². The van der Waals surface area contributed by atoms with Crippen LogP contribution in [0.4, 0.5) is 0 Å². The summed E-state index contributed by atoms with van der Waals surface area (Å²) in [4.78, 5) is 0. The first-order valence-electron chi connectivity index (χ1n) is 15.7. The highest BCUT2D eigenvalue weighted by Gasteiger charge is 2.17. The lowest BCUT2D eigenvalue weighted by molar-refractivity contribution is 1.17. The van der Waals surface area contributed by atoms with E-state index in [1.807, 2.05) is 23.5 Å². The zero-order valence-corrected chi connectivity index (χ0v) is 26.0. The predicted molar refractivity (Wildman–Crippen MR) is 198 cm³/mol. The Labute approximate surface area is 274 Å². The summed E-state index contributed by atoms with van der Waals surface area (Å²) in [6, 6.07) is 56.5. The molecule has 0 aliphatic rings. The number of fused-ring (bicyclic) bond motifs is 9. The summed E-state index contributed by atoms with van der Waals surface area (Å²) in [7, 11) is 0. The Hall–Kier alpha value is -6.15. The van der Waals surface area contributed by atoms with Gasteiger partial charge >= 0.3 is 0 Å². The zero-order valence-electron chi connectivity index (χ0n) is 25.2. The van der Waals surface area contributed by atoms with E-state index in [2.05, 4.69) is 155 Å². The van der Waals surface area contributed by atoms with Crippen LogP contribution in [0.15, 0.2) is 152 Å².